The summed E-state index contributed by atoms with van der Waals surface area (Å²) in [7, 11) is 0. The van der Waals surface area contributed by atoms with E-state index in [0.717, 1.165) is 0 Å². The smallest absolute Gasteiger partial charge is 0.358 e. The summed E-state index contributed by atoms with van der Waals surface area (Å²) in [5.41, 5.74) is 1.08. The molecule has 7 nitrogen and oxygen atoms in total. The fourth-order valence-electron chi connectivity index (χ4n) is 3.55. The van der Waals surface area contributed by atoms with E-state index in [1.54, 1.807) is 28.5 Å². The first kappa shape index (κ1) is 17.6. The number of hydrogen-bond acceptors (Lipinski definition) is 6. The van der Waals surface area contributed by atoms with Gasteiger partial charge in [-0.3, -0.25) is 4.79 Å². The summed E-state index contributed by atoms with van der Waals surface area (Å²) in [6.07, 6.45) is 3.66. The van der Waals surface area contributed by atoms with Crippen LogP contribution in [-0.4, -0.2) is 52.4 Å². The topological polar surface area (TPSA) is 77.3 Å². The quantitative estimate of drug-likeness (QED) is 0.567. The molecule has 0 radical (unpaired) electrons. The Kier molecular flexibility index (Phi) is 4.16. The zero-order valence-electron chi connectivity index (χ0n) is 14.6. The number of hydrogen-bond donors (Lipinski definition) is 0. The van der Waals surface area contributed by atoms with Gasteiger partial charge in [-0.05, 0) is 13.0 Å². The highest BCUT2D eigenvalue weighted by Crippen LogP contribution is 2.59. The van der Waals surface area contributed by atoms with Crippen molar-refractivity contribution in [1.29, 1.82) is 0 Å². The van der Waals surface area contributed by atoms with Crippen molar-refractivity contribution in [2.24, 2.45) is 11.8 Å². The van der Waals surface area contributed by atoms with Crippen LogP contribution < -0.4 is 4.90 Å². The number of alkyl halides is 2. The number of aromatic nitrogens is 3. The Morgan fingerprint density at radius 2 is 2.11 bits per heavy atom. The van der Waals surface area contributed by atoms with E-state index in [-0.39, 0.29) is 31.1 Å². The fraction of sp³-hybridized carbons (Fsp3) is 0.444. The molecule has 1 aliphatic heterocycles. The van der Waals surface area contributed by atoms with E-state index in [4.69, 9.17) is 4.74 Å². The minimum Gasteiger partial charge on any atom is -0.461 e. The molecular formula is C18H18F2N4O3. The van der Waals surface area contributed by atoms with Crippen molar-refractivity contribution >= 4 is 18.1 Å². The number of carbonyl (C=O) groups excluding carboxylic acids is 2. The van der Waals surface area contributed by atoms with E-state index >= 15 is 0 Å². The first-order chi connectivity index (χ1) is 12.9. The molecule has 142 valence electrons. The van der Waals surface area contributed by atoms with E-state index in [0.29, 0.717) is 24.2 Å². The van der Waals surface area contributed by atoms with E-state index < -0.39 is 23.7 Å². The lowest BCUT2D eigenvalue weighted by molar-refractivity contribution is 0.0519. The van der Waals surface area contributed by atoms with Crippen molar-refractivity contribution < 1.29 is 23.1 Å². The molecule has 0 bridgehead atoms. The molecule has 0 N–H and O–H groups in total. The Morgan fingerprint density at radius 3 is 2.78 bits per heavy atom. The maximum absolute atomic E-state index is 13.3. The molecule has 2 aromatic rings. The van der Waals surface area contributed by atoms with Crippen LogP contribution in [-0.2, 0) is 11.3 Å². The largest absolute Gasteiger partial charge is 0.461 e. The van der Waals surface area contributed by atoms with Gasteiger partial charge in [0.2, 0.25) is 0 Å². The molecule has 27 heavy (non-hydrogen) atoms. The highest BCUT2D eigenvalue weighted by atomic mass is 19.3. The van der Waals surface area contributed by atoms with Gasteiger partial charge in [0.15, 0.2) is 12.0 Å². The van der Waals surface area contributed by atoms with Crippen LogP contribution in [0.25, 0.3) is 0 Å². The summed E-state index contributed by atoms with van der Waals surface area (Å²) in [5, 5.41) is 0. The van der Waals surface area contributed by atoms with Gasteiger partial charge in [-0.1, -0.05) is 6.07 Å². The molecule has 1 saturated carbocycles. The zero-order chi connectivity index (χ0) is 19.2. The average molecular weight is 376 g/mol. The van der Waals surface area contributed by atoms with Gasteiger partial charge in [-0.15, -0.1) is 0 Å². The Labute approximate surface area is 154 Å². The van der Waals surface area contributed by atoms with Crippen LogP contribution in [0.15, 0.2) is 24.7 Å². The number of rotatable bonds is 6. The molecule has 2 aliphatic rings. The summed E-state index contributed by atoms with van der Waals surface area (Å²) in [6, 6.07) is 3.48. The predicted octanol–water partition coefficient (Wildman–Crippen LogP) is 2.02. The first-order valence-electron chi connectivity index (χ1n) is 8.70. The third-order valence-electron chi connectivity index (χ3n) is 5.10. The predicted molar refractivity (Wildman–Crippen MR) is 91.1 cm³/mol. The molecule has 2 aromatic heterocycles. The van der Waals surface area contributed by atoms with Crippen molar-refractivity contribution in [3.05, 3.63) is 41.6 Å². The van der Waals surface area contributed by atoms with Crippen molar-refractivity contribution in [3.8, 4) is 0 Å². The Hall–Kier alpha value is -2.84. The lowest BCUT2D eigenvalue weighted by Gasteiger charge is -2.21. The number of pyridine rings is 1. The van der Waals surface area contributed by atoms with Crippen molar-refractivity contribution in [2.45, 2.75) is 19.4 Å². The summed E-state index contributed by atoms with van der Waals surface area (Å²) < 4.78 is 33.2. The van der Waals surface area contributed by atoms with Crippen LogP contribution in [0.5, 0.6) is 0 Å². The molecule has 2 fully saturated rings. The van der Waals surface area contributed by atoms with Crippen molar-refractivity contribution in [3.63, 3.8) is 0 Å². The molecule has 4 rings (SSSR count). The van der Waals surface area contributed by atoms with Crippen molar-refractivity contribution in [2.75, 3.05) is 24.6 Å². The number of carbonyl (C=O) groups is 2. The minimum atomic E-state index is -2.55. The number of nitrogens with zero attached hydrogens (tertiary/aromatic N) is 4. The van der Waals surface area contributed by atoms with E-state index in [2.05, 4.69) is 9.97 Å². The van der Waals surface area contributed by atoms with E-state index in [9.17, 15) is 18.4 Å². The summed E-state index contributed by atoms with van der Waals surface area (Å²) in [5.74, 6) is -3.75. The Bertz CT molecular complexity index is 884. The molecule has 2 unspecified atom stereocenters. The molecule has 1 saturated heterocycles. The minimum absolute atomic E-state index is 0.186. The van der Waals surface area contributed by atoms with Crippen LogP contribution in [0.1, 0.15) is 33.5 Å². The number of halogens is 2. The monoisotopic (exact) mass is 376 g/mol. The summed E-state index contributed by atoms with van der Waals surface area (Å²) in [6.45, 7) is 2.79. The third-order valence-corrected chi connectivity index (χ3v) is 5.10. The third kappa shape index (κ3) is 3.07. The lowest BCUT2D eigenvalue weighted by Crippen LogP contribution is -2.28. The number of anilines is 1. The second-order valence-corrected chi connectivity index (χ2v) is 6.78. The molecule has 2 atom stereocenters. The number of piperidine rings is 1. The van der Waals surface area contributed by atoms with Gasteiger partial charge in [-0.2, -0.15) is 0 Å². The summed E-state index contributed by atoms with van der Waals surface area (Å²) in [4.78, 5) is 33.3. The lowest BCUT2D eigenvalue weighted by atomic mass is 10.2. The number of imidazole rings is 1. The maximum Gasteiger partial charge on any atom is 0.358 e. The maximum atomic E-state index is 13.3. The highest BCUT2D eigenvalue weighted by Gasteiger charge is 2.71. The van der Waals surface area contributed by atoms with Crippen LogP contribution in [0, 0.1) is 11.8 Å². The molecule has 3 heterocycles. The number of fused-ring (bicyclic) bond motifs is 1. The fourth-order valence-corrected chi connectivity index (χ4v) is 3.55. The van der Waals surface area contributed by atoms with Crippen LogP contribution >= 0.6 is 0 Å². The molecule has 9 heteroatoms. The van der Waals surface area contributed by atoms with Crippen LogP contribution in [0.4, 0.5) is 14.6 Å². The summed E-state index contributed by atoms with van der Waals surface area (Å²) >= 11 is 0. The van der Waals surface area contributed by atoms with Crippen LogP contribution in [0.2, 0.25) is 0 Å². The SMILES string of the molecule is CCOC(=O)c1cn(Cc2ccc(N3CC4C(C3)C4(F)F)nc2C=O)cn1. The van der Waals surface area contributed by atoms with Gasteiger partial charge in [0.25, 0.3) is 5.92 Å². The van der Waals surface area contributed by atoms with E-state index in [1.807, 2.05) is 0 Å². The van der Waals surface area contributed by atoms with Gasteiger partial charge in [-0.25, -0.2) is 23.5 Å². The van der Waals surface area contributed by atoms with Gasteiger partial charge >= 0.3 is 5.97 Å². The molecule has 0 aromatic carbocycles. The van der Waals surface area contributed by atoms with Gasteiger partial charge < -0.3 is 14.2 Å². The molecule has 0 spiro atoms. The normalized spacial score (nSPS) is 22.4. The highest BCUT2D eigenvalue weighted by molar-refractivity contribution is 5.86. The van der Waals surface area contributed by atoms with Crippen molar-refractivity contribution in [1.82, 2.24) is 14.5 Å². The number of esters is 1. The average Bonchev–Trinajstić information content (AvgIpc) is 3.11. The Morgan fingerprint density at radius 1 is 1.37 bits per heavy atom. The second kappa shape index (κ2) is 6.40. The number of ether oxygens (including phenoxy) is 1. The second-order valence-electron chi connectivity index (χ2n) is 6.78. The van der Waals surface area contributed by atoms with Crippen LogP contribution in [0.3, 0.4) is 0 Å². The Balaban J connectivity index is 1.48. The number of aldehydes is 1. The standard InChI is InChI=1S/C18H18F2N4O3/c1-2-27-17(26)14-8-23(10-21-14)5-11-3-4-16(22-15(11)9-25)24-6-12-13(7-24)18(12,19)20/h3-4,8-10,12-13H,2,5-7H2,1H3. The first-order valence-corrected chi connectivity index (χ1v) is 8.70. The zero-order valence-corrected chi connectivity index (χ0v) is 14.6. The molecular weight excluding hydrogens is 358 g/mol. The van der Waals surface area contributed by atoms with E-state index in [1.165, 1.54) is 12.5 Å². The molecule has 0 amide bonds. The van der Waals surface area contributed by atoms with Gasteiger partial charge in [0.05, 0.1) is 31.3 Å². The molecule has 1 aliphatic carbocycles. The van der Waals surface area contributed by atoms with Gasteiger partial charge in [0.1, 0.15) is 11.5 Å². The van der Waals surface area contributed by atoms with Gasteiger partial charge in [0, 0.05) is 24.8 Å².